The summed E-state index contributed by atoms with van der Waals surface area (Å²) in [6.07, 6.45) is 5.48. The lowest BCUT2D eigenvalue weighted by Gasteiger charge is -2.27. The molecule has 0 heterocycles. The predicted molar refractivity (Wildman–Crippen MR) is 120 cm³/mol. The first kappa shape index (κ1) is 22.5. The van der Waals surface area contributed by atoms with Crippen LogP contribution in [0.15, 0.2) is 42.5 Å². The van der Waals surface area contributed by atoms with Crippen molar-refractivity contribution in [2.45, 2.75) is 56.9 Å². The molecule has 4 rings (SSSR count). The number of rotatable bonds is 7. The molecule has 0 radical (unpaired) electrons. The van der Waals surface area contributed by atoms with Crippen molar-refractivity contribution in [2.24, 2.45) is 11.7 Å². The van der Waals surface area contributed by atoms with Crippen LogP contribution in [0.5, 0.6) is 5.75 Å². The highest BCUT2D eigenvalue weighted by Gasteiger charge is 2.38. The minimum absolute atomic E-state index is 0.110. The van der Waals surface area contributed by atoms with Crippen LogP contribution >= 0.6 is 7.82 Å². The minimum atomic E-state index is -4.49. The zero-order valence-corrected chi connectivity index (χ0v) is 18.9. The second-order valence-corrected chi connectivity index (χ2v) is 10.5. The smallest absolute Gasteiger partial charge is 0.469 e. The zero-order chi connectivity index (χ0) is 22.1. The van der Waals surface area contributed by atoms with E-state index in [1.165, 1.54) is 22.3 Å². The number of aryl methyl sites for hydroxylation is 2. The SMILES string of the molecule is Cc1ccccc1OC[C@H]1CCc2cc([C@H]3CC[C@](N)(COP(=O)(O)O)C3)ccc2C1. The van der Waals surface area contributed by atoms with Crippen LogP contribution in [-0.2, 0) is 21.9 Å². The molecule has 0 amide bonds. The minimum Gasteiger partial charge on any atom is -0.493 e. The summed E-state index contributed by atoms with van der Waals surface area (Å²) >= 11 is 0. The van der Waals surface area contributed by atoms with E-state index in [-0.39, 0.29) is 6.61 Å². The lowest BCUT2D eigenvalue weighted by Crippen LogP contribution is -2.41. The van der Waals surface area contributed by atoms with Crippen LogP contribution in [0.25, 0.3) is 0 Å². The fraction of sp³-hybridized carbons (Fsp3) is 0.500. The molecule has 2 aliphatic carbocycles. The highest BCUT2D eigenvalue weighted by molar-refractivity contribution is 7.46. The molecular weight excluding hydrogens is 413 g/mol. The van der Waals surface area contributed by atoms with Gasteiger partial charge in [-0.05, 0) is 85.6 Å². The average molecular weight is 445 g/mol. The molecule has 2 aromatic rings. The molecule has 0 spiro atoms. The van der Waals surface area contributed by atoms with Gasteiger partial charge in [0.25, 0.3) is 0 Å². The number of hydrogen-bond acceptors (Lipinski definition) is 4. The van der Waals surface area contributed by atoms with Gasteiger partial charge in [0.1, 0.15) is 5.75 Å². The summed E-state index contributed by atoms with van der Waals surface area (Å²) < 4.78 is 21.8. The maximum Gasteiger partial charge on any atom is 0.469 e. The Balaban J connectivity index is 1.35. The average Bonchev–Trinajstić information content (AvgIpc) is 3.13. The van der Waals surface area contributed by atoms with E-state index in [1.807, 2.05) is 18.2 Å². The van der Waals surface area contributed by atoms with Gasteiger partial charge in [0.2, 0.25) is 0 Å². The molecule has 3 atom stereocenters. The fourth-order valence-electron chi connectivity index (χ4n) is 4.96. The van der Waals surface area contributed by atoms with Crippen molar-refractivity contribution >= 4 is 7.82 Å². The van der Waals surface area contributed by atoms with Gasteiger partial charge in [0, 0.05) is 5.54 Å². The second kappa shape index (κ2) is 9.05. The van der Waals surface area contributed by atoms with Gasteiger partial charge in [-0.3, -0.25) is 4.52 Å². The molecular formula is C24H32NO5P. The Morgan fingerprint density at radius 2 is 1.97 bits per heavy atom. The Hall–Kier alpha value is -1.69. The molecule has 31 heavy (non-hydrogen) atoms. The lowest BCUT2D eigenvalue weighted by molar-refractivity contribution is 0.153. The summed E-state index contributed by atoms with van der Waals surface area (Å²) in [5.41, 5.74) is 10.9. The Labute approximate surface area is 184 Å². The van der Waals surface area contributed by atoms with Gasteiger partial charge in [0.15, 0.2) is 0 Å². The largest absolute Gasteiger partial charge is 0.493 e. The summed E-state index contributed by atoms with van der Waals surface area (Å²) in [7, 11) is -4.49. The molecule has 4 N–H and O–H groups in total. The first-order chi connectivity index (χ1) is 14.7. The summed E-state index contributed by atoms with van der Waals surface area (Å²) in [4.78, 5) is 17.9. The highest BCUT2D eigenvalue weighted by atomic mass is 31.2. The monoisotopic (exact) mass is 445 g/mol. The standard InChI is InChI=1S/C24H32NO5P/c1-17-4-2-3-5-23(17)29-15-18-6-7-20-13-21(9-8-19(20)12-18)22-10-11-24(25,14-22)16-30-31(26,27)28/h2-5,8-9,13,18,22H,6-7,10-12,14-16,25H2,1H3,(H2,26,27,28)/t18-,22-,24+/m0/s1. The number of para-hydroxylation sites is 1. The molecule has 1 fully saturated rings. The van der Waals surface area contributed by atoms with E-state index in [2.05, 4.69) is 31.2 Å². The highest BCUT2D eigenvalue weighted by Crippen LogP contribution is 2.44. The Morgan fingerprint density at radius 1 is 1.16 bits per heavy atom. The van der Waals surface area contributed by atoms with Gasteiger partial charge >= 0.3 is 7.82 Å². The maximum absolute atomic E-state index is 11.0. The first-order valence-electron chi connectivity index (χ1n) is 11.0. The van der Waals surface area contributed by atoms with E-state index in [0.717, 1.165) is 38.0 Å². The second-order valence-electron chi connectivity index (χ2n) is 9.28. The van der Waals surface area contributed by atoms with Crippen molar-refractivity contribution < 1.29 is 23.6 Å². The summed E-state index contributed by atoms with van der Waals surface area (Å²) in [6, 6.07) is 14.9. The van der Waals surface area contributed by atoms with Crippen LogP contribution in [0.3, 0.4) is 0 Å². The molecule has 2 aliphatic rings. The number of nitrogens with two attached hydrogens (primary N) is 1. The zero-order valence-electron chi connectivity index (χ0n) is 18.0. The Morgan fingerprint density at radius 3 is 2.74 bits per heavy atom. The van der Waals surface area contributed by atoms with E-state index in [0.29, 0.717) is 24.7 Å². The van der Waals surface area contributed by atoms with E-state index in [4.69, 9.17) is 24.8 Å². The summed E-state index contributed by atoms with van der Waals surface area (Å²) in [5.74, 6) is 1.79. The van der Waals surface area contributed by atoms with Crippen LogP contribution in [0.2, 0.25) is 0 Å². The number of phosphoric acid groups is 1. The number of ether oxygens (including phenoxy) is 1. The number of benzene rings is 2. The van der Waals surface area contributed by atoms with E-state index < -0.39 is 13.4 Å². The van der Waals surface area contributed by atoms with Crippen LogP contribution in [0, 0.1) is 12.8 Å². The summed E-state index contributed by atoms with van der Waals surface area (Å²) in [5, 5.41) is 0. The van der Waals surface area contributed by atoms with Gasteiger partial charge in [-0.2, -0.15) is 0 Å². The molecule has 0 saturated heterocycles. The van der Waals surface area contributed by atoms with Gasteiger partial charge in [0.05, 0.1) is 13.2 Å². The van der Waals surface area contributed by atoms with Crippen LogP contribution in [-0.4, -0.2) is 28.5 Å². The van der Waals surface area contributed by atoms with Crippen molar-refractivity contribution in [3.05, 3.63) is 64.7 Å². The molecule has 6 nitrogen and oxygen atoms in total. The fourth-order valence-corrected chi connectivity index (χ4v) is 5.38. The van der Waals surface area contributed by atoms with Crippen LogP contribution in [0.4, 0.5) is 0 Å². The number of hydrogen-bond donors (Lipinski definition) is 3. The molecule has 1 saturated carbocycles. The molecule has 0 bridgehead atoms. The normalized spacial score (nSPS) is 25.9. The molecule has 0 unspecified atom stereocenters. The summed E-state index contributed by atoms with van der Waals surface area (Å²) in [6.45, 7) is 2.70. The third kappa shape index (κ3) is 5.76. The van der Waals surface area contributed by atoms with Crippen molar-refractivity contribution in [1.29, 1.82) is 0 Å². The lowest BCUT2D eigenvalue weighted by atomic mass is 9.82. The van der Waals surface area contributed by atoms with Gasteiger partial charge in [-0.15, -0.1) is 0 Å². The van der Waals surface area contributed by atoms with Crippen molar-refractivity contribution in [1.82, 2.24) is 0 Å². The molecule has 168 valence electrons. The quantitative estimate of drug-likeness (QED) is 0.551. The molecule has 2 aromatic carbocycles. The maximum atomic E-state index is 11.0. The predicted octanol–water partition coefficient (Wildman–Crippen LogP) is 4.25. The van der Waals surface area contributed by atoms with E-state index in [9.17, 15) is 4.57 Å². The van der Waals surface area contributed by atoms with Crippen molar-refractivity contribution in [3.63, 3.8) is 0 Å². The number of phosphoric ester groups is 1. The van der Waals surface area contributed by atoms with E-state index >= 15 is 0 Å². The Kier molecular flexibility index (Phi) is 6.57. The Bertz CT molecular complexity index is 974. The third-order valence-corrected chi connectivity index (χ3v) is 7.23. The van der Waals surface area contributed by atoms with Crippen LogP contribution in [0.1, 0.15) is 53.9 Å². The van der Waals surface area contributed by atoms with Crippen molar-refractivity contribution in [3.8, 4) is 5.75 Å². The third-order valence-electron chi connectivity index (χ3n) is 6.76. The molecule has 7 heteroatoms. The number of fused-ring (bicyclic) bond motifs is 1. The molecule has 0 aliphatic heterocycles. The van der Waals surface area contributed by atoms with Gasteiger partial charge in [-0.25, -0.2) is 4.57 Å². The van der Waals surface area contributed by atoms with E-state index in [1.54, 1.807) is 0 Å². The topological polar surface area (TPSA) is 102 Å². The van der Waals surface area contributed by atoms with Crippen LogP contribution < -0.4 is 10.5 Å². The van der Waals surface area contributed by atoms with Gasteiger partial charge < -0.3 is 20.3 Å². The van der Waals surface area contributed by atoms with Crippen molar-refractivity contribution in [2.75, 3.05) is 13.2 Å². The first-order valence-corrected chi connectivity index (χ1v) is 12.5. The van der Waals surface area contributed by atoms with Gasteiger partial charge in [-0.1, -0.05) is 36.4 Å². The molecule has 0 aromatic heterocycles.